The van der Waals surface area contributed by atoms with Crippen molar-refractivity contribution in [1.82, 2.24) is 10.9 Å². The summed E-state index contributed by atoms with van der Waals surface area (Å²) >= 11 is 0. The molecule has 0 atom stereocenters. The van der Waals surface area contributed by atoms with Crippen molar-refractivity contribution in [2.24, 2.45) is 10.2 Å². The minimum Gasteiger partial charge on any atom is -0.494 e. The molecule has 2 amide bonds. The summed E-state index contributed by atoms with van der Waals surface area (Å²) in [6.07, 6.45) is 8.53. The van der Waals surface area contributed by atoms with Crippen molar-refractivity contribution in [2.75, 3.05) is 13.2 Å². The first-order valence-electron chi connectivity index (χ1n) is 12.2. The molecule has 2 N–H and O–H groups in total. The summed E-state index contributed by atoms with van der Waals surface area (Å²) in [5.74, 6) is 1.42. The van der Waals surface area contributed by atoms with Gasteiger partial charge in [-0.25, -0.2) is 10.9 Å². The topological polar surface area (TPSA) is 101 Å². The van der Waals surface area contributed by atoms with Crippen molar-refractivity contribution >= 4 is 24.2 Å². The maximum atomic E-state index is 11.9. The van der Waals surface area contributed by atoms with Crippen LogP contribution in [-0.4, -0.2) is 37.5 Å². The Morgan fingerprint density at radius 2 is 1.03 bits per heavy atom. The zero-order chi connectivity index (χ0) is 25.1. The molecule has 0 radical (unpaired) electrons. The average molecular weight is 481 g/mol. The molecule has 2 aromatic rings. The molecule has 0 fully saturated rings. The summed E-state index contributed by atoms with van der Waals surface area (Å²) in [7, 11) is 0. The fraction of sp³-hybridized carbons (Fsp3) is 0.407. The lowest BCUT2D eigenvalue weighted by atomic mass is 10.1. The fourth-order valence-electron chi connectivity index (χ4n) is 3.20. The number of nitrogens with one attached hydrogen (secondary N) is 2. The van der Waals surface area contributed by atoms with Gasteiger partial charge in [0, 0.05) is 12.8 Å². The highest BCUT2D eigenvalue weighted by atomic mass is 16.5. The lowest BCUT2D eigenvalue weighted by molar-refractivity contribution is -0.121. The highest BCUT2D eigenvalue weighted by Crippen LogP contribution is 2.12. The quantitative estimate of drug-likeness (QED) is 0.204. The minimum atomic E-state index is -0.100. The number of unbranched alkanes of at least 4 members (excludes halogenated alkanes) is 4. The number of carbonyl (C=O) groups is 2. The molecule has 2 rings (SSSR count). The Balaban J connectivity index is 1.48. The standard InChI is InChI=1S/C27H36N4O4/c1-3-34-24-16-12-22(13-17-24)20-28-30-26(32)10-8-6-5-7-9-11-27(33)31-29-21-23-14-18-25(19-15-23)35-4-2/h12-21H,3-11H2,1-2H3,(H,30,32)(H,31,33)/b28-20-,29-21+. The summed E-state index contributed by atoms with van der Waals surface area (Å²) in [5, 5.41) is 7.99. The van der Waals surface area contributed by atoms with Crippen LogP contribution in [0.1, 0.15) is 69.9 Å². The van der Waals surface area contributed by atoms with Gasteiger partial charge in [0.25, 0.3) is 0 Å². The van der Waals surface area contributed by atoms with Gasteiger partial charge in [0.05, 0.1) is 25.6 Å². The molecular formula is C27H36N4O4. The molecule has 0 aromatic heterocycles. The zero-order valence-electron chi connectivity index (χ0n) is 20.7. The van der Waals surface area contributed by atoms with E-state index in [1.807, 2.05) is 62.4 Å². The van der Waals surface area contributed by atoms with E-state index in [1.54, 1.807) is 12.4 Å². The molecule has 0 spiro atoms. The molecule has 0 aliphatic heterocycles. The van der Waals surface area contributed by atoms with Crippen LogP contribution in [0.2, 0.25) is 0 Å². The molecule has 188 valence electrons. The van der Waals surface area contributed by atoms with Crippen LogP contribution in [0.4, 0.5) is 0 Å². The van der Waals surface area contributed by atoms with Crippen molar-refractivity contribution < 1.29 is 19.1 Å². The molecule has 35 heavy (non-hydrogen) atoms. The van der Waals surface area contributed by atoms with Gasteiger partial charge in [0.1, 0.15) is 11.5 Å². The first-order valence-corrected chi connectivity index (χ1v) is 12.2. The first-order chi connectivity index (χ1) is 17.1. The summed E-state index contributed by atoms with van der Waals surface area (Å²) in [6, 6.07) is 15.0. The molecule has 0 saturated carbocycles. The summed E-state index contributed by atoms with van der Waals surface area (Å²) < 4.78 is 10.8. The van der Waals surface area contributed by atoms with Crippen molar-refractivity contribution in [1.29, 1.82) is 0 Å². The van der Waals surface area contributed by atoms with Crippen LogP contribution < -0.4 is 20.3 Å². The molecule has 0 aliphatic rings. The van der Waals surface area contributed by atoms with Gasteiger partial charge >= 0.3 is 0 Å². The van der Waals surface area contributed by atoms with Gasteiger partial charge in [-0.2, -0.15) is 10.2 Å². The van der Waals surface area contributed by atoms with E-state index < -0.39 is 0 Å². The Morgan fingerprint density at radius 1 is 0.657 bits per heavy atom. The SMILES string of the molecule is CCOc1ccc(/C=N\NC(=O)CCCCCCCC(=O)N/N=C/c2ccc(OCC)cc2)cc1. The Labute approximate surface area is 207 Å². The van der Waals surface area contributed by atoms with Gasteiger partial charge in [-0.05, 0) is 86.3 Å². The summed E-state index contributed by atoms with van der Waals surface area (Å²) in [4.78, 5) is 23.8. The van der Waals surface area contributed by atoms with Gasteiger partial charge in [-0.3, -0.25) is 9.59 Å². The number of ether oxygens (including phenoxy) is 2. The van der Waals surface area contributed by atoms with E-state index in [2.05, 4.69) is 21.1 Å². The van der Waals surface area contributed by atoms with Gasteiger partial charge in [0.15, 0.2) is 0 Å². The van der Waals surface area contributed by atoms with E-state index in [0.29, 0.717) is 26.1 Å². The molecule has 8 nitrogen and oxygen atoms in total. The van der Waals surface area contributed by atoms with Gasteiger partial charge in [-0.15, -0.1) is 0 Å². The minimum absolute atomic E-state index is 0.100. The Bertz CT molecular complexity index is 863. The average Bonchev–Trinajstić information content (AvgIpc) is 2.86. The lowest BCUT2D eigenvalue weighted by Crippen LogP contribution is -2.17. The zero-order valence-corrected chi connectivity index (χ0v) is 20.7. The number of carbonyl (C=O) groups excluding carboxylic acids is 2. The lowest BCUT2D eigenvalue weighted by Gasteiger charge is -2.03. The summed E-state index contributed by atoms with van der Waals surface area (Å²) in [6.45, 7) is 5.13. The molecule has 0 bridgehead atoms. The largest absolute Gasteiger partial charge is 0.494 e. The number of rotatable bonds is 16. The number of hydrazone groups is 2. The molecular weight excluding hydrogens is 444 g/mol. The van der Waals surface area contributed by atoms with E-state index >= 15 is 0 Å². The second kappa shape index (κ2) is 16.9. The van der Waals surface area contributed by atoms with Crippen LogP contribution in [0.25, 0.3) is 0 Å². The van der Waals surface area contributed by atoms with Crippen LogP contribution in [-0.2, 0) is 9.59 Å². The highest BCUT2D eigenvalue weighted by molar-refractivity contribution is 5.83. The fourth-order valence-corrected chi connectivity index (χ4v) is 3.20. The van der Waals surface area contributed by atoms with Crippen molar-refractivity contribution in [2.45, 2.75) is 58.8 Å². The van der Waals surface area contributed by atoms with Crippen LogP contribution in [0.15, 0.2) is 58.7 Å². The number of benzene rings is 2. The number of hydrogen-bond donors (Lipinski definition) is 2. The van der Waals surface area contributed by atoms with Crippen LogP contribution >= 0.6 is 0 Å². The predicted molar refractivity (Wildman–Crippen MR) is 139 cm³/mol. The predicted octanol–water partition coefficient (Wildman–Crippen LogP) is 4.82. The van der Waals surface area contributed by atoms with Crippen molar-refractivity contribution in [3.05, 3.63) is 59.7 Å². The highest BCUT2D eigenvalue weighted by Gasteiger charge is 2.02. The third kappa shape index (κ3) is 12.4. The number of hydrogen-bond acceptors (Lipinski definition) is 6. The van der Waals surface area contributed by atoms with Crippen LogP contribution in [0.5, 0.6) is 11.5 Å². The molecule has 0 heterocycles. The third-order valence-corrected chi connectivity index (χ3v) is 5.00. The number of amides is 2. The molecule has 0 aliphatic carbocycles. The Morgan fingerprint density at radius 3 is 1.40 bits per heavy atom. The van der Waals surface area contributed by atoms with Gasteiger partial charge in [-0.1, -0.05) is 19.3 Å². The van der Waals surface area contributed by atoms with Gasteiger partial charge < -0.3 is 9.47 Å². The van der Waals surface area contributed by atoms with Crippen LogP contribution in [0, 0.1) is 0 Å². The second-order valence-corrected chi connectivity index (χ2v) is 7.86. The molecule has 2 aromatic carbocycles. The maximum absolute atomic E-state index is 11.9. The Hall–Kier alpha value is -3.68. The third-order valence-electron chi connectivity index (χ3n) is 5.00. The summed E-state index contributed by atoms with van der Waals surface area (Å²) in [5.41, 5.74) is 6.89. The van der Waals surface area contributed by atoms with E-state index in [-0.39, 0.29) is 11.8 Å². The molecule has 0 saturated heterocycles. The normalized spacial score (nSPS) is 11.0. The Kier molecular flexibility index (Phi) is 13.3. The second-order valence-electron chi connectivity index (χ2n) is 7.86. The van der Waals surface area contributed by atoms with Gasteiger partial charge in [0.2, 0.25) is 11.8 Å². The smallest absolute Gasteiger partial charge is 0.240 e. The van der Waals surface area contributed by atoms with Crippen molar-refractivity contribution in [3.63, 3.8) is 0 Å². The van der Waals surface area contributed by atoms with E-state index in [9.17, 15) is 9.59 Å². The molecule has 8 heteroatoms. The van der Waals surface area contributed by atoms with E-state index in [1.165, 1.54) is 0 Å². The number of nitrogens with zero attached hydrogens (tertiary/aromatic N) is 2. The van der Waals surface area contributed by atoms with E-state index in [4.69, 9.17) is 9.47 Å². The van der Waals surface area contributed by atoms with Crippen molar-refractivity contribution in [3.8, 4) is 11.5 Å². The van der Waals surface area contributed by atoms with E-state index in [0.717, 1.165) is 54.7 Å². The maximum Gasteiger partial charge on any atom is 0.240 e. The first kappa shape index (κ1) is 27.6. The monoisotopic (exact) mass is 480 g/mol. The molecule has 0 unspecified atom stereocenters. The van der Waals surface area contributed by atoms with Crippen LogP contribution in [0.3, 0.4) is 0 Å².